The quantitative estimate of drug-likeness (QED) is 0.544. The van der Waals surface area contributed by atoms with Crippen LogP contribution in [0.4, 0.5) is 15.8 Å². The molecule has 4 rings (SSSR count). The van der Waals surface area contributed by atoms with E-state index in [0.717, 1.165) is 0 Å². The number of carbonyl (C=O) groups is 2. The van der Waals surface area contributed by atoms with Crippen LogP contribution in [0.2, 0.25) is 0 Å². The number of fused-ring (bicyclic) bond motifs is 1. The molecule has 0 spiro atoms. The third-order valence-corrected chi connectivity index (χ3v) is 4.30. The molecule has 2 aromatic carbocycles. The number of nitriles is 1. The number of aromatic nitrogens is 2. The largest absolute Gasteiger partial charge is 0.320 e. The molecule has 2 amide bonds. The highest BCUT2D eigenvalue weighted by atomic mass is 19.1. The van der Waals surface area contributed by atoms with Gasteiger partial charge in [0.15, 0.2) is 5.69 Å². The van der Waals surface area contributed by atoms with E-state index in [9.17, 15) is 14.0 Å². The lowest BCUT2D eigenvalue weighted by atomic mass is 10.2. The average Bonchev–Trinajstić information content (AvgIpc) is 3.14. The van der Waals surface area contributed by atoms with Crippen molar-refractivity contribution in [1.29, 1.82) is 5.26 Å². The summed E-state index contributed by atoms with van der Waals surface area (Å²) in [5, 5.41) is 14.3. The summed E-state index contributed by atoms with van der Waals surface area (Å²) in [6.45, 7) is 0. The molecule has 8 heteroatoms. The second-order valence-corrected chi connectivity index (χ2v) is 6.35. The van der Waals surface area contributed by atoms with Crippen molar-refractivity contribution in [2.24, 2.45) is 0 Å². The molecule has 2 N–H and O–H groups in total. The summed E-state index contributed by atoms with van der Waals surface area (Å²) >= 11 is 0. The molecule has 0 aliphatic carbocycles. The number of imidazole rings is 1. The van der Waals surface area contributed by atoms with E-state index in [-0.39, 0.29) is 17.2 Å². The average molecular weight is 399 g/mol. The van der Waals surface area contributed by atoms with Crippen LogP contribution in [0.15, 0.2) is 72.9 Å². The van der Waals surface area contributed by atoms with Crippen LogP contribution in [-0.2, 0) is 0 Å². The summed E-state index contributed by atoms with van der Waals surface area (Å²) in [5.41, 5.74) is 1.54. The second-order valence-electron chi connectivity index (χ2n) is 6.35. The Labute approximate surface area is 170 Å². The van der Waals surface area contributed by atoms with Gasteiger partial charge in [0.05, 0.1) is 17.1 Å². The lowest BCUT2D eigenvalue weighted by molar-refractivity contribution is 0.101. The summed E-state index contributed by atoms with van der Waals surface area (Å²) in [7, 11) is 0. The molecule has 0 saturated carbocycles. The fraction of sp³-hybridized carbons (Fsp3) is 0. The van der Waals surface area contributed by atoms with Gasteiger partial charge in [-0.3, -0.25) is 14.0 Å². The molecule has 0 radical (unpaired) electrons. The van der Waals surface area contributed by atoms with Gasteiger partial charge >= 0.3 is 0 Å². The van der Waals surface area contributed by atoms with Crippen LogP contribution >= 0.6 is 0 Å². The molecule has 0 aliphatic heterocycles. The van der Waals surface area contributed by atoms with Crippen LogP contribution in [0.1, 0.15) is 26.7 Å². The fourth-order valence-electron chi connectivity index (χ4n) is 2.98. The van der Waals surface area contributed by atoms with Gasteiger partial charge in [0.25, 0.3) is 11.8 Å². The van der Waals surface area contributed by atoms with E-state index in [1.807, 2.05) is 6.07 Å². The summed E-state index contributed by atoms with van der Waals surface area (Å²) in [4.78, 5) is 29.8. The molecule has 0 saturated heterocycles. The highest BCUT2D eigenvalue weighted by Gasteiger charge is 2.22. The van der Waals surface area contributed by atoms with Crippen LogP contribution in [0.5, 0.6) is 0 Å². The van der Waals surface area contributed by atoms with Gasteiger partial charge in [0.2, 0.25) is 5.82 Å². The van der Waals surface area contributed by atoms with Crippen molar-refractivity contribution in [3.63, 3.8) is 0 Å². The Hall–Kier alpha value is -4.51. The molecule has 0 atom stereocenters. The molecule has 0 fully saturated rings. The molecule has 0 bridgehead atoms. The molecule has 0 unspecified atom stereocenters. The number of rotatable bonds is 4. The number of carbonyl (C=O) groups excluding carboxylic acids is 2. The van der Waals surface area contributed by atoms with E-state index in [0.29, 0.717) is 16.8 Å². The van der Waals surface area contributed by atoms with Crippen molar-refractivity contribution in [2.45, 2.75) is 0 Å². The minimum Gasteiger partial charge on any atom is -0.320 e. The van der Waals surface area contributed by atoms with Crippen molar-refractivity contribution < 1.29 is 14.0 Å². The Morgan fingerprint density at radius 2 is 1.67 bits per heavy atom. The van der Waals surface area contributed by atoms with Crippen molar-refractivity contribution in [3.05, 3.63) is 95.8 Å². The highest BCUT2D eigenvalue weighted by molar-refractivity contribution is 6.10. The first-order valence-electron chi connectivity index (χ1n) is 8.90. The number of nitrogens with one attached hydrogen (secondary N) is 2. The predicted octanol–water partition coefficient (Wildman–Crippen LogP) is 3.85. The SMILES string of the molecule is N#Cc1cccc(NC(=O)c2nc(C(=O)Nc3cccc(F)c3)c3ccccn23)c1. The monoisotopic (exact) mass is 399 g/mol. The first kappa shape index (κ1) is 18.8. The summed E-state index contributed by atoms with van der Waals surface area (Å²) in [6, 6.07) is 19.0. The van der Waals surface area contributed by atoms with Crippen LogP contribution in [0.3, 0.4) is 0 Å². The number of hydrogen-bond acceptors (Lipinski definition) is 4. The van der Waals surface area contributed by atoms with Gasteiger partial charge in [0, 0.05) is 17.6 Å². The standard InChI is InChI=1S/C22H14FN5O2/c23-15-6-4-8-17(12-15)25-21(29)19-18-9-1-2-10-28(18)20(27-19)22(30)26-16-7-3-5-14(11-16)13-24/h1-12H,(H,25,29)(H,26,30). The number of pyridine rings is 1. The Morgan fingerprint density at radius 1 is 0.933 bits per heavy atom. The molecule has 146 valence electrons. The van der Waals surface area contributed by atoms with E-state index in [4.69, 9.17) is 5.26 Å². The third-order valence-electron chi connectivity index (χ3n) is 4.30. The van der Waals surface area contributed by atoms with E-state index >= 15 is 0 Å². The van der Waals surface area contributed by atoms with Crippen molar-refractivity contribution in [2.75, 3.05) is 10.6 Å². The molecule has 2 heterocycles. The first-order valence-corrected chi connectivity index (χ1v) is 8.90. The number of halogens is 1. The van der Waals surface area contributed by atoms with Gasteiger partial charge in [-0.25, -0.2) is 9.37 Å². The molecule has 7 nitrogen and oxygen atoms in total. The number of hydrogen-bond donors (Lipinski definition) is 2. The molecule has 30 heavy (non-hydrogen) atoms. The van der Waals surface area contributed by atoms with E-state index < -0.39 is 17.6 Å². The summed E-state index contributed by atoms with van der Waals surface area (Å²) < 4.78 is 14.9. The first-order chi connectivity index (χ1) is 14.5. The van der Waals surface area contributed by atoms with Crippen LogP contribution in [0, 0.1) is 17.1 Å². The summed E-state index contributed by atoms with van der Waals surface area (Å²) in [6.07, 6.45) is 1.61. The summed E-state index contributed by atoms with van der Waals surface area (Å²) in [5.74, 6) is -1.61. The number of anilines is 2. The van der Waals surface area contributed by atoms with Crippen LogP contribution < -0.4 is 10.6 Å². The molecular weight excluding hydrogens is 385 g/mol. The minimum atomic E-state index is -0.574. The minimum absolute atomic E-state index is 0.00245. The Morgan fingerprint density at radius 3 is 2.43 bits per heavy atom. The van der Waals surface area contributed by atoms with Crippen molar-refractivity contribution in [3.8, 4) is 6.07 Å². The molecule has 2 aromatic heterocycles. The van der Waals surface area contributed by atoms with E-state index in [1.165, 1.54) is 28.7 Å². The van der Waals surface area contributed by atoms with Gasteiger partial charge in [-0.05, 0) is 48.5 Å². The number of benzene rings is 2. The maximum absolute atomic E-state index is 13.4. The van der Waals surface area contributed by atoms with Crippen LogP contribution in [0.25, 0.3) is 5.52 Å². The smallest absolute Gasteiger partial charge is 0.292 e. The van der Waals surface area contributed by atoms with Gasteiger partial charge in [-0.15, -0.1) is 0 Å². The van der Waals surface area contributed by atoms with Gasteiger partial charge in [0.1, 0.15) is 5.82 Å². The van der Waals surface area contributed by atoms with Gasteiger partial charge < -0.3 is 10.6 Å². The normalized spacial score (nSPS) is 10.4. The van der Waals surface area contributed by atoms with E-state index in [1.54, 1.807) is 48.7 Å². The second kappa shape index (κ2) is 7.85. The zero-order valence-corrected chi connectivity index (χ0v) is 15.5. The Bertz CT molecular complexity index is 1320. The van der Waals surface area contributed by atoms with Gasteiger partial charge in [-0.1, -0.05) is 18.2 Å². The number of amides is 2. The predicted molar refractivity (Wildman–Crippen MR) is 109 cm³/mol. The zero-order chi connectivity index (χ0) is 21.1. The Kier molecular flexibility index (Phi) is 4.93. The molecular formula is C22H14FN5O2. The Balaban J connectivity index is 1.67. The maximum Gasteiger partial charge on any atom is 0.292 e. The number of nitrogens with zero attached hydrogens (tertiary/aromatic N) is 3. The van der Waals surface area contributed by atoms with Gasteiger partial charge in [-0.2, -0.15) is 5.26 Å². The van der Waals surface area contributed by atoms with Crippen LogP contribution in [-0.4, -0.2) is 21.2 Å². The third kappa shape index (κ3) is 3.72. The zero-order valence-electron chi connectivity index (χ0n) is 15.5. The lowest BCUT2D eigenvalue weighted by Crippen LogP contribution is -2.16. The topological polar surface area (TPSA) is 99.3 Å². The molecule has 4 aromatic rings. The van der Waals surface area contributed by atoms with E-state index in [2.05, 4.69) is 15.6 Å². The maximum atomic E-state index is 13.4. The fourth-order valence-corrected chi connectivity index (χ4v) is 2.98. The molecule has 0 aliphatic rings. The van der Waals surface area contributed by atoms with Crippen molar-refractivity contribution in [1.82, 2.24) is 9.38 Å². The van der Waals surface area contributed by atoms with Crippen molar-refractivity contribution >= 4 is 28.7 Å². The lowest BCUT2D eigenvalue weighted by Gasteiger charge is -2.04. The highest BCUT2D eigenvalue weighted by Crippen LogP contribution is 2.18.